The number of nitrogens with one attached hydrogen (secondary N) is 1. The first kappa shape index (κ1) is 16.7. The average Bonchev–Trinajstić information content (AvgIpc) is 2.37. The van der Waals surface area contributed by atoms with Crippen LogP contribution in [0, 0.1) is 0 Å². The van der Waals surface area contributed by atoms with E-state index < -0.39 is 15.4 Å². The fourth-order valence-corrected chi connectivity index (χ4v) is 2.24. The summed E-state index contributed by atoms with van der Waals surface area (Å²) in [4.78, 5) is 12.2. The first-order valence-electron chi connectivity index (χ1n) is 6.48. The number of rotatable bonds is 5. The predicted octanol–water partition coefficient (Wildman–Crippen LogP) is 1.39. The van der Waals surface area contributed by atoms with Crippen molar-refractivity contribution in [3.8, 4) is 0 Å². The molecule has 0 aliphatic rings. The van der Waals surface area contributed by atoms with Crippen molar-refractivity contribution in [2.45, 2.75) is 43.7 Å². The molecule has 0 aromatic heterocycles. The zero-order valence-electron chi connectivity index (χ0n) is 12.3. The van der Waals surface area contributed by atoms with E-state index in [0.29, 0.717) is 6.42 Å². The van der Waals surface area contributed by atoms with Crippen LogP contribution in [0.5, 0.6) is 0 Å². The molecule has 6 heteroatoms. The van der Waals surface area contributed by atoms with E-state index in [1.54, 1.807) is 19.1 Å². The van der Waals surface area contributed by atoms with E-state index in [0.717, 1.165) is 11.8 Å². The molecule has 20 heavy (non-hydrogen) atoms. The molecule has 1 rings (SSSR count). The molecule has 0 saturated carbocycles. The highest BCUT2D eigenvalue weighted by molar-refractivity contribution is 7.90. The van der Waals surface area contributed by atoms with Crippen molar-refractivity contribution in [1.29, 1.82) is 0 Å². The van der Waals surface area contributed by atoms with Gasteiger partial charge in [0, 0.05) is 6.26 Å². The summed E-state index contributed by atoms with van der Waals surface area (Å²) in [6.45, 7) is 5.37. The Bertz CT molecular complexity index is 577. The normalized spacial score (nSPS) is 16.2. The van der Waals surface area contributed by atoms with E-state index in [-0.39, 0.29) is 16.8 Å². The highest BCUT2D eigenvalue weighted by Crippen LogP contribution is 2.17. The smallest absolute Gasteiger partial charge is 0.240 e. The summed E-state index contributed by atoms with van der Waals surface area (Å²) in [5.41, 5.74) is 5.81. The number of sulfone groups is 1. The highest BCUT2D eigenvalue weighted by atomic mass is 32.2. The Kier molecular flexibility index (Phi) is 4.94. The van der Waals surface area contributed by atoms with Gasteiger partial charge >= 0.3 is 0 Å². The molecular formula is C14H22N2O3S. The molecule has 112 valence electrons. The molecule has 0 spiro atoms. The van der Waals surface area contributed by atoms with E-state index >= 15 is 0 Å². The van der Waals surface area contributed by atoms with Gasteiger partial charge in [-0.05, 0) is 38.0 Å². The Morgan fingerprint density at radius 3 is 2.25 bits per heavy atom. The van der Waals surface area contributed by atoms with Crippen LogP contribution in [0.1, 0.15) is 38.8 Å². The standard InChI is InChI=1S/C14H22N2O3S/c1-5-14(3,15)13(17)16-10(2)11-6-8-12(9-7-11)20(4,18)19/h6-10H,5,15H2,1-4H3,(H,16,17). The average molecular weight is 298 g/mol. The summed E-state index contributed by atoms with van der Waals surface area (Å²) in [5, 5.41) is 2.83. The van der Waals surface area contributed by atoms with Crippen molar-refractivity contribution in [2.24, 2.45) is 5.73 Å². The second kappa shape index (κ2) is 5.93. The van der Waals surface area contributed by atoms with Crippen LogP contribution in [0.25, 0.3) is 0 Å². The van der Waals surface area contributed by atoms with Gasteiger partial charge in [-0.3, -0.25) is 4.79 Å². The number of hydrogen-bond donors (Lipinski definition) is 2. The number of hydrogen-bond acceptors (Lipinski definition) is 4. The van der Waals surface area contributed by atoms with Crippen LogP contribution < -0.4 is 11.1 Å². The van der Waals surface area contributed by atoms with Crippen LogP contribution in [0.3, 0.4) is 0 Å². The molecule has 0 heterocycles. The lowest BCUT2D eigenvalue weighted by atomic mass is 9.98. The minimum atomic E-state index is -3.20. The molecule has 1 aromatic rings. The lowest BCUT2D eigenvalue weighted by Gasteiger charge is -2.24. The first-order valence-corrected chi connectivity index (χ1v) is 8.37. The summed E-state index contributed by atoms with van der Waals surface area (Å²) >= 11 is 0. The molecular weight excluding hydrogens is 276 g/mol. The van der Waals surface area contributed by atoms with Crippen LogP contribution in [0.15, 0.2) is 29.2 Å². The molecule has 0 aliphatic heterocycles. The number of amides is 1. The maximum absolute atomic E-state index is 12.0. The molecule has 2 atom stereocenters. The highest BCUT2D eigenvalue weighted by Gasteiger charge is 2.27. The molecule has 1 amide bonds. The molecule has 0 saturated heterocycles. The van der Waals surface area contributed by atoms with Gasteiger partial charge in [0.05, 0.1) is 16.5 Å². The first-order chi connectivity index (χ1) is 9.08. The van der Waals surface area contributed by atoms with Gasteiger partial charge in [-0.15, -0.1) is 0 Å². The van der Waals surface area contributed by atoms with Gasteiger partial charge in [0.2, 0.25) is 5.91 Å². The molecule has 5 nitrogen and oxygen atoms in total. The summed E-state index contributed by atoms with van der Waals surface area (Å²) in [6, 6.07) is 6.23. The molecule has 0 bridgehead atoms. The fourth-order valence-electron chi connectivity index (χ4n) is 1.61. The second-order valence-corrected chi connectivity index (χ2v) is 7.32. The Morgan fingerprint density at radius 1 is 1.35 bits per heavy atom. The number of carbonyl (C=O) groups excluding carboxylic acids is 1. The summed E-state index contributed by atoms with van der Waals surface area (Å²) in [7, 11) is -3.20. The third kappa shape index (κ3) is 4.05. The lowest BCUT2D eigenvalue weighted by Crippen LogP contribution is -2.51. The Hall–Kier alpha value is -1.40. The van der Waals surface area contributed by atoms with Crippen molar-refractivity contribution < 1.29 is 13.2 Å². The van der Waals surface area contributed by atoms with E-state index in [2.05, 4.69) is 5.32 Å². The van der Waals surface area contributed by atoms with Crippen LogP contribution in [-0.2, 0) is 14.6 Å². The van der Waals surface area contributed by atoms with E-state index in [4.69, 9.17) is 5.73 Å². The zero-order valence-corrected chi connectivity index (χ0v) is 13.1. The van der Waals surface area contributed by atoms with Crippen LogP contribution in [0.4, 0.5) is 0 Å². The van der Waals surface area contributed by atoms with Gasteiger partial charge in [0.1, 0.15) is 0 Å². The zero-order chi connectivity index (χ0) is 15.6. The van der Waals surface area contributed by atoms with Gasteiger partial charge in [-0.2, -0.15) is 0 Å². The number of nitrogens with two attached hydrogens (primary N) is 1. The maximum Gasteiger partial charge on any atom is 0.240 e. The van der Waals surface area contributed by atoms with Crippen molar-refractivity contribution in [2.75, 3.05) is 6.26 Å². The minimum absolute atomic E-state index is 0.223. The maximum atomic E-state index is 12.0. The largest absolute Gasteiger partial charge is 0.348 e. The summed E-state index contributed by atoms with van der Waals surface area (Å²) in [5.74, 6) is -0.223. The third-order valence-electron chi connectivity index (χ3n) is 3.41. The van der Waals surface area contributed by atoms with E-state index in [9.17, 15) is 13.2 Å². The topological polar surface area (TPSA) is 89.3 Å². The van der Waals surface area contributed by atoms with Crippen molar-refractivity contribution in [1.82, 2.24) is 5.32 Å². The molecule has 3 N–H and O–H groups in total. The lowest BCUT2D eigenvalue weighted by molar-refractivity contribution is -0.126. The minimum Gasteiger partial charge on any atom is -0.348 e. The molecule has 0 radical (unpaired) electrons. The van der Waals surface area contributed by atoms with Crippen LogP contribution in [0.2, 0.25) is 0 Å². The monoisotopic (exact) mass is 298 g/mol. The van der Waals surface area contributed by atoms with E-state index in [1.165, 1.54) is 12.1 Å². The molecule has 2 unspecified atom stereocenters. The van der Waals surface area contributed by atoms with Gasteiger partial charge in [-0.25, -0.2) is 8.42 Å². The van der Waals surface area contributed by atoms with Crippen molar-refractivity contribution in [3.63, 3.8) is 0 Å². The van der Waals surface area contributed by atoms with Gasteiger partial charge in [0.15, 0.2) is 9.84 Å². The Labute approximate surface area is 120 Å². The predicted molar refractivity (Wildman–Crippen MR) is 79.0 cm³/mol. The summed E-state index contributed by atoms with van der Waals surface area (Å²) in [6.07, 6.45) is 1.70. The quantitative estimate of drug-likeness (QED) is 0.859. The third-order valence-corrected chi connectivity index (χ3v) is 4.54. The Morgan fingerprint density at radius 2 is 1.85 bits per heavy atom. The molecule has 0 fully saturated rings. The van der Waals surface area contributed by atoms with Crippen LogP contribution >= 0.6 is 0 Å². The van der Waals surface area contributed by atoms with Crippen molar-refractivity contribution in [3.05, 3.63) is 29.8 Å². The van der Waals surface area contributed by atoms with E-state index in [1.807, 2.05) is 13.8 Å². The van der Waals surface area contributed by atoms with Crippen LogP contribution in [-0.4, -0.2) is 26.1 Å². The summed E-state index contributed by atoms with van der Waals surface area (Å²) < 4.78 is 22.8. The molecule has 0 aliphatic carbocycles. The fraction of sp³-hybridized carbons (Fsp3) is 0.500. The van der Waals surface area contributed by atoms with Gasteiger partial charge < -0.3 is 11.1 Å². The number of benzene rings is 1. The van der Waals surface area contributed by atoms with Gasteiger partial charge in [0.25, 0.3) is 0 Å². The van der Waals surface area contributed by atoms with Gasteiger partial charge in [-0.1, -0.05) is 19.1 Å². The molecule has 1 aromatic carbocycles. The Balaban J connectivity index is 2.84. The second-order valence-electron chi connectivity index (χ2n) is 5.31. The van der Waals surface area contributed by atoms with Crippen molar-refractivity contribution >= 4 is 15.7 Å². The SMILES string of the molecule is CCC(C)(N)C(=O)NC(C)c1ccc(S(C)(=O)=O)cc1. The number of carbonyl (C=O) groups is 1.